The Kier molecular flexibility index (Phi) is 5.50. The maximum atomic E-state index is 4.75. The molecule has 0 fully saturated rings. The largest absolute Gasteiger partial charge is 0.371 e. The molecule has 3 rings (SSSR count). The van der Waals surface area contributed by atoms with E-state index in [0.717, 1.165) is 12.1 Å². The summed E-state index contributed by atoms with van der Waals surface area (Å²) >= 11 is 0. The molecule has 1 atom stereocenters. The number of nitrogens with zero attached hydrogens (tertiary/aromatic N) is 2. The summed E-state index contributed by atoms with van der Waals surface area (Å²) in [7, 11) is 2.24. The lowest BCUT2D eigenvalue weighted by Crippen LogP contribution is -2.34. The first-order valence-electron chi connectivity index (χ1n) is 9.92. The van der Waals surface area contributed by atoms with Gasteiger partial charge in [0.15, 0.2) is 0 Å². The second-order valence-corrected chi connectivity index (χ2v) is 8.24. The van der Waals surface area contributed by atoms with Crippen LogP contribution < -0.4 is 4.90 Å². The normalized spacial score (nSPS) is 17.1. The van der Waals surface area contributed by atoms with Crippen LogP contribution in [0, 0.1) is 0 Å². The van der Waals surface area contributed by atoms with Crippen LogP contribution in [0.25, 0.3) is 0 Å². The van der Waals surface area contributed by atoms with Crippen LogP contribution in [0.3, 0.4) is 0 Å². The first-order chi connectivity index (χ1) is 12.4. The van der Waals surface area contributed by atoms with E-state index in [4.69, 9.17) is 4.99 Å². The minimum atomic E-state index is 0.210. The molecule has 1 aliphatic rings. The van der Waals surface area contributed by atoms with Crippen LogP contribution in [-0.4, -0.2) is 19.3 Å². The molecule has 0 amide bonds. The van der Waals surface area contributed by atoms with Crippen molar-refractivity contribution >= 4 is 17.6 Å². The van der Waals surface area contributed by atoms with Crippen molar-refractivity contribution in [3.05, 3.63) is 59.2 Å². The fourth-order valence-electron chi connectivity index (χ4n) is 4.09. The molecule has 0 heterocycles. The molecule has 1 aliphatic carbocycles. The molecule has 2 aromatic carbocycles. The van der Waals surface area contributed by atoms with Crippen LogP contribution >= 0.6 is 0 Å². The Bertz CT molecular complexity index is 774. The number of fused-ring (bicyclic) bond motifs is 1. The van der Waals surface area contributed by atoms with Crippen molar-refractivity contribution in [1.82, 2.24) is 0 Å². The Morgan fingerprint density at radius 1 is 1.15 bits per heavy atom. The van der Waals surface area contributed by atoms with Crippen molar-refractivity contribution in [2.75, 3.05) is 11.9 Å². The van der Waals surface area contributed by atoms with E-state index in [1.165, 1.54) is 41.6 Å². The molecule has 0 saturated heterocycles. The van der Waals surface area contributed by atoms with E-state index in [1.54, 1.807) is 0 Å². The highest BCUT2D eigenvalue weighted by molar-refractivity contribution is 5.91. The van der Waals surface area contributed by atoms with E-state index in [-0.39, 0.29) is 5.41 Å². The van der Waals surface area contributed by atoms with Crippen LogP contribution in [0.2, 0.25) is 0 Å². The van der Waals surface area contributed by atoms with Crippen LogP contribution in [0.4, 0.5) is 11.4 Å². The Morgan fingerprint density at radius 3 is 2.58 bits per heavy atom. The third-order valence-electron chi connectivity index (χ3n) is 5.93. The van der Waals surface area contributed by atoms with Gasteiger partial charge in [-0.3, -0.25) is 4.99 Å². The predicted molar refractivity (Wildman–Crippen MR) is 114 cm³/mol. The molecule has 138 valence electrons. The van der Waals surface area contributed by atoms with Gasteiger partial charge in [0.2, 0.25) is 0 Å². The number of aryl methyl sites for hydroxylation is 1. The van der Waals surface area contributed by atoms with Gasteiger partial charge in [-0.1, -0.05) is 51.1 Å². The standard InChI is InChI=1S/C24H32N2/c1-6-18(2)26(5)23-20(17-25-21-12-8-7-9-13-21)15-14-19-11-10-16-24(3,4)22(19)23/h7-9,12-15,17-18H,6,10-11,16H2,1-5H3. The molecule has 2 heteroatoms. The molecule has 0 aliphatic heterocycles. The fraction of sp³-hybridized carbons (Fsp3) is 0.458. The predicted octanol–water partition coefficient (Wildman–Crippen LogP) is 6.29. The average Bonchev–Trinajstić information content (AvgIpc) is 2.65. The second-order valence-electron chi connectivity index (χ2n) is 8.24. The van der Waals surface area contributed by atoms with Crippen molar-refractivity contribution in [3.63, 3.8) is 0 Å². The third kappa shape index (κ3) is 3.70. The summed E-state index contributed by atoms with van der Waals surface area (Å²) in [6.45, 7) is 9.38. The maximum absolute atomic E-state index is 4.75. The summed E-state index contributed by atoms with van der Waals surface area (Å²) in [4.78, 5) is 7.22. The van der Waals surface area contributed by atoms with Crippen LogP contribution in [0.5, 0.6) is 0 Å². The Balaban J connectivity index is 2.13. The van der Waals surface area contributed by atoms with Gasteiger partial charge in [0.25, 0.3) is 0 Å². The van der Waals surface area contributed by atoms with E-state index in [0.29, 0.717) is 6.04 Å². The van der Waals surface area contributed by atoms with Gasteiger partial charge in [-0.05, 0) is 61.3 Å². The summed E-state index contributed by atoms with van der Waals surface area (Å²) in [5.41, 5.74) is 6.86. The summed E-state index contributed by atoms with van der Waals surface area (Å²) in [6.07, 6.45) is 6.91. The van der Waals surface area contributed by atoms with Gasteiger partial charge >= 0.3 is 0 Å². The lowest BCUT2D eigenvalue weighted by Gasteiger charge is -2.39. The molecule has 2 aromatic rings. The molecule has 0 aromatic heterocycles. The van der Waals surface area contributed by atoms with E-state index >= 15 is 0 Å². The smallest absolute Gasteiger partial charge is 0.0629 e. The van der Waals surface area contributed by atoms with Gasteiger partial charge in [0.1, 0.15) is 0 Å². The monoisotopic (exact) mass is 348 g/mol. The zero-order valence-corrected chi connectivity index (χ0v) is 16.9. The van der Waals surface area contributed by atoms with Crippen LogP contribution in [0.15, 0.2) is 47.5 Å². The maximum Gasteiger partial charge on any atom is 0.0629 e. The van der Waals surface area contributed by atoms with Gasteiger partial charge in [-0.2, -0.15) is 0 Å². The molecular formula is C24H32N2. The summed E-state index contributed by atoms with van der Waals surface area (Å²) in [6, 6.07) is 15.3. The number of hydrogen-bond acceptors (Lipinski definition) is 2. The number of benzene rings is 2. The van der Waals surface area contributed by atoms with E-state index in [2.05, 4.69) is 70.1 Å². The van der Waals surface area contributed by atoms with Gasteiger partial charge in [0.05, 0.1) is 5.69 Å². The zero-order chi connectivity index (χ0) is 18.7. The zero-order valence-electron chi connectivity index (χ0n) is 16.9. The fourth-order valence-corrected chi connectivity index (χ4v) is 4.09. The van der Waals surface area contributed by atoms with Crippen LogP contribution in [0.1, 0.15) is 63.6 Å². The lowest BCUT2D eigenvalue weighted by atomic mass is 9.71. The molecule has 1 unspecified atom stereocenters. The van der Waals surface area contributed by atoms with Crippen molar-refractivity contribution in [2.24, 2.45) is 4.99 Å². The second kappa shape index (κ2) is 7.65. The van der Waals surface area contributed by atoms with Crippen molar-refractivity contribution in [3.8, 4) is 0 Å². The Morgan fingerprint density at radius 2 is 1.88 bits per heavy atom. The molecule has 2 nitrogen and oxygen atoms in total. The van der Waals surface area contributed by atoms with Gasteiger partial charge in [0, 0.05) is 30.6 Å². The summed E-state index contributed by atoms with van der Waals surface area (Å²) in [5.74, 6) is 0. The summed E-state index contributed by atoms with van der Waals surface area (Å²) < 4.78 is 0. The third-order valence-corrected chi connectivity index (χ3v) is 5.93. The minimum absolute atomic E-state index is 0.210. The highest BCUT2D eigenvalue weighted by Crippen LogP contribution is 2.44. The van der Waals surface area contributed by atoms with Gasteiger partial charge < -0.3 is 4.90 Å². The van der Waals surface area contributed by atoms with E-state index in [1.807, 2.05) is 18.2 Å². The first-order valence-corrected chi connectivity index (χ1v) is 9.92. The van der Waals surface area contributed by atoms with Gasteiger partial charge in [-0.25, -0.2) is 0 Å². The molecular weight excluding hydrogens is 316 g/mol. The van der Waals surface area contributed by atoms with Crippen molar-refractivity contribution in [1.29, 1.82) is 0 Å². The van der Waals surface area contributed by atoms with Gasteiger partial charge in [-0.15, -0.1) is 0 Å². The molecule has 0 bridgehead atoms. The number of aliphatic imine (C=N–C) groups is 1. The molecule has 0 radical (unpaired) electrons. The summed E-state index contributed by atoms with van der Waals surface area (Å²) in [5, 5.41) is 0. The highest BCUT2D eigenvalue weighted by atomic mass is 15.1. The van der Waals surface area contributed by atoms with Crippen molar-refractivity contribution in [2.45, 2.75) is 64.8 Å². The highest BCUT2D eigenvalue weighted by Gasteiger charge is 2.32. The molecule has 26 heavy (non-hydrogen) atoms. The minimum Gasteiger partial charge on any atom is -0.371 e. The van der Waals surface area contributed by atoms with Crippen LogP contribution in [-0.2, 0) is 11.8 Å². The number of hydrogen-bond donors (Lipinski definition) is 0. The Hall–Kier alpha value is -2.09. The quantitative estimate of drug-likeness (QED) is 0.580. The molecule has 0 saturated carbocycles. The number of rotatable bonds is 5. The first kappa shape index (κ1) is 18.7. The average molecular weight is 349 g/mol. The van der Waals surface area contributed by atoms with E-state index < -0.39 is 0 Å². The SMILES string of the molecule is CCC(C)N(C)c1c(C=Nc2ccccc2)ccc2c1C(C)(C)CCC2. The number of anilines is 1. The lowest BCUT2D eigenvalue weighted by molar-refractivity contribution is 0.430. The topological polar surface area (TPSA) is 15.6 Å². The number of para-hydroxylation sites is 1. The molecule has 0 N–H and O–H groups in total. The van der Waals surface area contributed by atoms with Crippen molar-refractivity contribution < 1.29 is 0 Å². The molecule has 0 spiro atoms. The van der Waals surface area contributed by atoms with E-state index in [9.17, 15) is 0 Å². The Labute approximate surface area is 159 Å².